The van der Waals surface area contributed by atoms with Gasteiger partial charge in [-0.15, -0.1) is 11.8 Å². The summed E-state index contributed by atoms with van der Waals surface area (Å²) in [6, 6.07) is 9.17. The van der Waals surface area contributed by atoms with Gasteiger partial charge in [-0.3, -0.25) is 0 Å². The fourth-order valence-corrected chi connectivity index (χ4v) is 10.7. The first-order valence-electron chi connectivity index (χ1n) is 9.74. The minimum Gasteiger partial charge on any atom is -0.305 e. The highest BCUT2D eigenvalue weighted by molar-refractivity contribution is 8.33. The summed E-state index contributed by atoms with van der Waals surface area (Å²) in [7, 11) is -0.769. The highest BCUT2D eigenvalue weighted by atomic mass is 32.3. The highest BCUT2D eigenvalue weighted by Gasteiger charge is 2.56. The van der Waals surface area contributed by atoms with Gasteiger partial charge in [0.1, 0.15) is 0 Å². The molecule has 3 unspecified atom stereocenters. The molecule has 0 bridgehead atoms. The molecule has 5 atom stereocenters. The molecule has 3 aliphatic rings. The quantitative estimate of drug-likeness (QED) is 0.705. The fraction of sp³-hybridized carbons (Fsp3) is 0.565. The van der Waals surface area contributed by atoms with E-state index in [0.29, 0.717) is 17.8 Å². The molecule has 0 aromatic heterocycles. The van der Waals surface area contributed by atoms with Crippen LogP contribution in [0, 0.1) is 11.8 Å². The lowest BCUT2D eigenvalue weighted by Gasteiger charge is -2.45. The molecule has 26 heavy (non-hydrogen) atoms. The van der Waals surface area contributed by atoms with Gasteiger partial charge in [-0.25, -0.2) is 10.0 Å². The second-order valence-corrected chi connectivity index (χ2v) is 15.0. The molecule has 0 saturated heterocycles. The smallest absolute Gasteiger partial charge is 0.0280 e. The van der Waals surface area contributed by atoms with Crippen LogP contribution in [0.4, 0.5) is 0 Å². The van der Waals surface area contributed by atoms with Crippen LogP contribution in [0.15, 0.2) is 53.0 Å². The lowest BCUT2D eigenvalue weighted by molar-refractivity contribution is 0.458. The Morgan fingerprint density at radius 3 is 2.58 bits per heavy atom. The molecule has 3 heteroatoms. The van der Waals surface area contributed by atoms with E-state index in [-0.39, 0.29) is 5.54 Å². The molecule has 142 valence electrons. The largest absolute Gasteiger partial charge is 0.305 e. The van der Waals surface area contributed by atoms with E-state index in [1.807, 2.05) is 0 Å². The van der Waals surface area contributed by atoms with Crippen LogP contribution in [0.2, 0.25) is 0 Å². The average Bonchev–Trinajstić information content (AvgIpc) is 3.06. The zero-order valence-corrected chi connectivity index (χ0v) is 18.6. The fourth-order valence-electron chi connectivity index (χ4n) is 5.00. The topological polar surface area (TPSA) is 12.0 Å². The van der Waals surface area contributed by atoms with Crippen molar-refractivity contribution in [2.24, 2.45) is 11.8 Å². The van der Waals surface area contributed by atoms with Crippen LogP contribution in [0.1, 0.15) is 39.2 Å². The van der Waals surface area contributed by atoms with Crippen molar-refractivity contribution in [1.82, 2.24) is 5.32 Å². The molecular weight excluding hydrogens is 354 g/mol. The van der Waals surface area contributed by atoms with E-state index in [9.17, 15) is 0 Å². The monoisotopic (exact) mass is 387 g/mol. The highest BCUT2D eigenvalue weighted by Crippen LogP contribution is 2.67. The number of fused-ring (bicyclic) bond motifs is 5. The van der Waals surface area contributed by atoms with Crippen molar-refractivity contribution in [2.75, 3.05) is 18.4 Å². The normalized spacial score (nSPS) is 33.5. The summed E-state index contributed by atoms with van der Waals surface area (Å²) in [5.74, 6) is 3.21. The van der Waals surface area contributed by atoms with Crippen LogP contribution in [-0.4, -0.2) is 34.4 Å². The van der Waals surface area contributed by atoms with E-state index in [2.05, 4.69) is 99.8 Å². The lowest BCUT2D eigenvalue weighted by Crippen LogP contribution is -2.42. The molecule has 4 rings (SSSR count). The molecule has 1 fully saturated rings. The third kappa shape index (κ3) is 3.21. The van der Waals surface area contributed by atoms with Gasteiger partial charge < -0.3 is 5.32 Å². The summed E-state index contributed by atoms with van der Waals surface area (Å²) >= 11 is 2.17. The number of allylic oxidation sites excluding steroid dienone is 4. The molecule has 0 spiro atoms. The number of rotatable bonds is 3. The Morgan fingerprint density at radius 2 is 1.85 bits per heavy atom. The molecule has 1 aliphatic heterocycles. The molecule has 1 nitrogen and oxygen atoms in total. The number of nitrogens with one attached hydrogen (secondary N) is 1. The van der Waals surface area contributed by atoms with E-state index in [1.165, 1.54) is 10.5 Å². The Hall–Kier alpha value is -0.640. The van der Waals surface area contributed by atoms with Gasteiger partial charge >= 0.3 is 0 Å². The second kappa shape index (κ2) is 6.46. The Bertz CT molecular complexity index is 756. The maximum absolute atomic E-state index is 3.84. The van der Waals surface area contributed by atoms with Crippen molar-refractivity contribution in [2.45, 2.75) is 54.5 Å². The van der Waals surface area contributed by atoms with Gasteiger partial charge in [0.2, 0.25) is 0 Å². The Morgan fingerprint density at radius 1 is 1.12 bits per heavy atom. The number of hydrogen-bond donors (Lipinski definition) is 1. The van der Waals surface area contributed by atoms with Gasteiger partial charge in [0, 0.05) is 32.7 Å². The molecule has 1 N–H and O–H groups in total. The van der Waals surface area contributed by atoms with Gasteiger partial charge in [0.05, 0.1) is 0 Å². The van der Waals surface area contributed by atoms with Gasteiger partial charge in [0.25, 0.3) is 0 Å². The first kappa shape index (κ1) is 18.7. The number of hydrogen-bond acceptors (Lipinski definition) is 2. The third-order valence-corrected chi connectivity index (χ3v) is 10.8. The minimum absolute atomic E-state index is 0.186. The van der Waals surface area contributed by atoms with Crippen molar-refractivity contribution < 1.29 is 0 Å². The molecule has 1 saturated carbocycles. The predicted octanol–water partition coefficient (Wildman–Crippen LogP) is 5.79. The van der Waals surface area contributed by atoms with Crippen molar-refractivity contribution >= 4 is 21.8 Å². The van der Waals surface area contributed by atoms with Crippen LogP contribution < -0.4 is 5.32 Å². The minimum atomic E-state index is -0.769. The number of benzene rings is 1. The number of thioether (sulfide) groups is 1. The Labute approximate surface area is 165 Å². The summed E-state index contributed by atoms with van der Waals surface area (Å²) in [5, 5.41) is 5.33. The van der Waals surface area contributed by atoms with E-state index in [1.54, 1.807) is 5.56 Å². The van der Waals surface area contributed by atoms with Crippen LogP contribution in [0.3, 0.4) is 0 Å². The first-order chi connectivity index (χ1) is 12.2. The summed E-state index contributed by atoms with van der Waals surface area (Å²) < 4.78 is 0. The SMILES string of the molecule is CC1=C[C@@H]2C(C=C1)C1c3ccccc3S[C@@H]1C2S(C)(C)CNC(C)(C)C. The van der Waals surface area contributed by atoms with E-state index in [4.69, 9.17) is 0 Å². The molecule has 1 aromatic carbocycles. The van der Waals surface area contributed by atoms with Gasteiger partial charge in [-0.05, 0) is 63.7 Å². The summed E-state index contributed by atoms with van der Waals surface area (Å²) in [6.45, 7) is 9.14. The molecule has 0 amide bonds. The molecule has 1 aromatic rings. The standard InChI is InChI=1S/C23H33NS2/c1-15-11-12-16-18(13-15)22(26(5,6)14-24-23(2,3)4)21-20(16)17-9-7-8-10-19(17)25-21/h7-13,16,18,20-22,24H,14H2,1-6H3/t16?,18-,20?,21+,22?/m1/s1. The van der Waals surface area contributed by atoms with Crippen LogP contribution >= 0.6 is 21.8 Å². The van der Waals surface area contributed by atoms with Gasteiger partial charge in [-0.1, -0.05) is 42.0 Å². The van der Waals surface area contributed by atoms with E-state index < -0.39 is 10.0 Å². The second-order valence-electron chi connectivity index (χ2n) is 9.73. The van der Waals surface area contributed by atoms with Crippen molar-refractivity contribution in [3.05, 3.63) is 53.6 Å². The van der Waals surface area contributed by atoms with Gasteiger partial charge in [0.15, 0.2) is 0 Å². The Balaban J connectivity index is 1.71. The average molecular weight is 388 g/mol. The molecule has 1 heterocycles. The maximum Gasteiger partial charge on any atom is 0.0280 e. The van der Waals surface area contributed by atoms with Gasteiger partial charge in [-0.2, -0.15) is 0 Å². The van der Waals surface area contributed by atoms with Crippen molar-refractivity contribution in [3.63, 3.8) is 0 Å². The third-order valence-electron chi connectivity index (χ3n) is 6.21. The van der Waals surface area contributed by atoms with Crippen molar-refractivity contribution in [1.29, 1.82) is 0 Å². The molecule has 0 radical (unpaired) electrons. The van der Waals surface area contributed by atoms with E-state index >= 15 is 0 Å². The van der Waals surface area contributed by atoms with Crippen LogP contribution in [0.25, 0.3) is 0 Å². The first-order valence-corrected chi connectivity index (χ1v) is 13.3. The zero-order valence-electron chi connectivity index (χ0n) is 17.0. The zero-order chi connectivity index (χ0) is 18.7. The van der Waals surface area contributed by atoms with Crippen LogP contribution in [0.5, 0.6) is 0 Å². The maximum atomic E-state index is 3.84. The Kier molecular flexibility index (Phi) is 4.65. The molecular formula is C23H33NS2. The predicted molar refractivity (Wildman–Crippen MR) is 120 cm³/mol. The summed E-state index contributed by atoms with van der Waals surface area (Å²) in [4.78, 5) is 1.53. The van der Waals surface area contributed by atoms with E-state index in [0.717, 1.165) is 16.4 Å². The van der Waals surface area contributed by atoms with Crippen molar-refractivity contribution in [3.8, 4) is 0 Å². The molecule has 2 aliphatic carbocycles. The van der Waals surface area contributed by atoms with Crippen LogP contribution in [-0.2, 0) is 0 Å². The lowest BCUT2D eigenvalue weighted by atomic mass is 9.81. The summed E-state index contributed by atoms with van der Waals surface area (Å²) in [5.41, 5.74) is 3.25. The summed E-state index contributed by atoms with van der Waals surface area (Å²) in [6.07, 6.45) is 12.6.